The fourth-order valence-corrected chi connectivity index (χ4v) is 4.42. The SMILES string of the molecule is CC1=C[C@H]2C(=O)c3[nH]c4ccccc4c3[C@H]2C(C)(C)C1. The molecule has 0 bridgehead atoms. The highest BCUT2D eigenvalue weighted by molar-refractivity contribution is 6.09. The van der Waals surface area contributed by atoms with Gasteiger partial charge in [-0.05, 0) is 30.4 Å². The summed E-state index contributed by atoms with van der Waals surface area (Å²) in [4.78, 5) is 16.1. The zero-order chi connectivity index (χ0) is 14.1. The van der Waals surface area contributed by atoms with E-state index in [1.165, 1.54) is 16.5 Å². The molecule has 2 aliphatic carbocycles. The number of fused-ring (bicyclic) bond motifs is 5. The molecule has 0 aliphatic heterocycles. The Hall–Kier alpha value is -1.83. The first-order chi connectivity index (χ1) is 9.49. The lowest BCUT2D eigenvalue weighted by Gasteiger charge is -2.39. The number of rotatable bonds is 0. The number of para-hydroxylation sites is 1. The van der Waals surface area contributed by atoms with Crippen molar-refractivity contribution >= 4 is 16.7 Å². The normalized spacial score (nSPS) is 27.4. The first kappa shape index (κ1) is 12.0. The van der Waals surface area contributed by atoms with Gasteiger partial charge in [0.1, 0.15) is 0 Å². The lowest BCUT2D eigenvalue weighted by atomic mass is 9.64. The van der Waals surface area contributed by atoms with Gasteiger partial charge in [0.2, 0.25) is 0 Å². The van der Waals surface area contributed by atoms with Gasteiger partial charge >= 0.3 is 0 Å². The third kappa shape index (κ3) is 1.37. The molecule has 1 aromatic carbocycles. The molecular weight excluding hydrogens is 246 g/mol. The van der Waals surface area contributed by atoms with Crippen molar-refractivity contribution in [2.45, 2.75) is 33.1 Å². The first-order valence-corrected chi connectivity index (χ1v) is 7.31. The van der Waals surface area contributed by atoms with Crippen LogP contribution in [0.15, 0.2) is 35.9 Å². The molecule has 0 amide bonds. The maximum absolute atomic E-state index is 12.8. The van der Waals surface area contributed by atoms with Crippen LogP contribution in [0.3, 0.4) is 0 Å². The van der Waals surface area contributed by atoms with Crippen LogP contribution in [0.1, 0.15) is 49.2 Å². The Kier molecular flexibility index (Phi) is 2.17. The minimum Gasteiger partial charge on any atom is -0.352 e. The van der Waals surface area contributed by atoms with E-state index in [1.54, 1.807) is 0 Å². The fourth-order valence-electron chi connectivity index (χ4n) is 4.42. The molecule has 4 rings (SSSR count). The summed E-state index contributed by atoms with van der Waals surface area (Å²) in [6.45, 7) is 6.74. The largest absolute Gasteiger partial charge is 0.352 e. The zero-order valence-electron chi connectivity index (χ0n) is 12.2. The summed E-state index contributed by atoms with van der Waals surface area (Å²) >= 11 is 0. The van der Waals surface area contributed by atoms with Gasteiger partial charge in [-0.15, -0.1) is 0 Å². The Morgan fingerprint density at radius 1 is 1.25 bits per heavy atom. The zero-order valence-corrected chi connectivity index (χ0v) is 12.2. The number of benzene rings is 1. The average molecular weight is 265 g/mol. The van der Waals surface area contributed by atoms with E-state index in [1.807, 2.05) is 6.07 Å². The van der Waals surface area contributed by atoms with Crippen LogP contribution in [0.2, 0.25) is 0 Å². The number of H-pyrrole nitrogens is 1. The van der Waals surface area contributed by atoms with E-state index in [2.05, 4.69) is 50.0 Å². The van der Waals surface area contributed by atoms with Crippen LogP contribution in [0, 0.1) is 11.3 Å². The predicted molar refractivity (Wildman–Crippen MR) is 81.0 cm³/mol. The summed E-state index contributed by atoms with van der Waals surface area (Å²) in [5.41, 5.74) is 4.67. The minimum absolute atomic E-state index is 0.0320. The molecule has 0 unspecified atom stereocenters. The number of hydrogen-bond donors (Lipinski definition) is 1. The molecule has 1 aromatic heterocycles. The van der Waals surface area contributed by atoms with Gasteiger partial charge in [-0.25, -0.2) is 0 Å². The summed E-state index contributed by atoms with van der Waals surface area (Å²) < 4.78 is 0. The third-order valence-corrected chi connectivity index (χ3v) is 5.01. The second kappa shape index (κ2) is 3.63. The second-order valence-electron chi connectivity index (χ2n) is 7.01. The van der Waals surface area contributed by atoms with Crippen molar-refractivity contribution in [3.8, 4) is 0 Å². The second-order valence-corrected chi connectivity index (χ2v) is 7.01. The number of nitrogens with one attached hydrogen (secondary N) is 1. The van der Waals surface area contributed by atoms with E-state index in [9.17, 15) is 4.79 Å². The van der Waals surface area contributed by atoms with Crippen LogP contribution in [-0.4, -0.2) is 10.8 Å². The number of carbonyl (C=O) groups is 1. The van der Waals surface area contributed by atoms with Crippen LogP contribution in [0.25, 0.3) is 10.9 Å². The lowest BCUT2D eigenvalue weighted by Crippen LogP contribution is -2.31. The summed E-state index contributed by atoms with van der Waals surface area (Å²) in [6, 6.07) is 8.28. The molecule has 0 fully saturated rings. The van der Waals surface area contributed by atoms with E-state index in [0.29, 0.717) is 5.92 Å². The Balaban J connectivity index is 2.03. The van der Waals surface area contributed by atoms with Crippen molar-refractivity contribution in [3.05, 3.63) is 47.2 Å². The standard InChI is InChI=1S/C18H19NO/c1-10-8-12-15(18(2,3)9-10)14-11-6-4-5-7-13(11)19-16(14)17(12)20/h4-8,12,15,19H,9H2,1-3H3/t12-,15+/m1/s1. The maximum atomic E-state index is 12.8. The molecule has 1 N–H and O–H groups in total. The predicted octanol–water partition coefficient (Wildman–Crippen LogP) is 4.44. The molecule has 2 aromatic rings. The average Bonchev–Trinajstić information content (AvgIpc) is 2.86. The molecule has 0 radical (unpaired) electrons. The van der Waals surface area contributed by atoms with Gasteiger partial charge in [0.05, 0.1) is 5.69 Å². The quantitative estimate of drug-likeness (QED) is 0.702. The monoisotopic (exact) mass is 265 g/mol. The summed E-state index contributed by atoms with van der Waals surface area (Å²) in [7, 11) is 0. The van der Waals surface area contributed by atoms with Crippen molar-refractivity contribution in [3.63, 3.8) is 0 Å². The van der Waals surface area contributed by atoms with Crippen LogP contribution < -0.4 is 0 Å². The Labute approximate surface area is 118 Å². The van der Waals surface area contributed by atoms with Crippen molar-refractivity contribution in [1.82, 2.24) is 4.98 Å². The van der Waals surface area contributed by atoms with Gasteiger partial charge in [-0.2, -0.15) is 0 Å². The van der Waals surface area contributed by atoms with E-state index in [-0.39, 0.29) is 17.1 Å². The van der Waals surface area contributed by atoms with Gasteiger partial charge < -0.3 is 4.98 Å². The van der Waals surface area contributed by atoms with Crippen molar-refractivity contribution in [2.24, 2.45) is 11.3 Å². The maximum Gasteiger partial charge on any atom is 0.186 e. The van der Waals surface area contributed by atoms with Gasteiger partial charge in [-0.1, -0.05) is 43.7 Å². The third-order valence-electron chi connectivity index (χ3n) is 5.01. The molecule has 0 spiro atoms. The Morgan fingerprint density at radius 3 is 2.80 bits per heavy atom. The van der Waals surface area contributed by atoms with Crippen molar-refractivity contribution < 1.29 is 4.79 Å². The number of carbonyl (C=O) groups excluding carboxylic acids is 1. The van der Waals surface area contributed by atoms with Crippen molar-refractivity contribution in [1.29, 1.82) is 0 Å². The number of ketones is 1. The summed E-state index contributed by atoms with van der Waals surface area (Å²) in [5, 5.41) is 1.23. The van der Waals surface area contributed by atoms with Gasteiger partial charge in [0.15, 0.2) is 5.78 Å². The van der Waals surface area contributed by atoms with Crippen LogP contribution in [-0.2, 0) is 0 Å². The minimum atomic E-state index is 0.0320. The molecule has 0 saturated heterocycles. The summed E-state index contributed by atoms with van der Waals surface area (Å²) in [5.74, 6) is 0.614. The number of aromatic amines is 1. The number of aromatic nitrogens is 1. The fraction of sp³-hybridized carbons (Fsp3) is 0.389. The molecule has 2 aliphatic rings. The van der Waals surface area contributed by atoms with Crippen molar-refractivity contribution in [2.75, 3.05) is 0 Å². The molecule has 2 nitrogen and oxygen atoms in total. The highest BCUT2D eigenvalue weighted by Gasteiger charge is 2.50. The molecule has 2 heteroatoms. The first-order valence-electron chi connectivity index (χ1n) is 7.31. The molecular formula is C18H19NO. The molecule has 1 heterocycles. The molecule has 0 saturated carbocycles. The van der Waals surface area contributed by atoms with Crippen LogP contribution in [0.5, 0.6) is 0 Å². The van der Waals surface area contributed by atoms with E-state index in [4.69, 9.17) is 0 Å². The number of allylic oxidation sites excluding steroid dienone is 2. The van der Waals surface area contributed by atoms with E-state index in [0.717, 1.165) is 17.6 Å². The molecule has 102 valence electrons. The highest BCUT2D eigenvalue weighted by atomic mass is 16.1. The Bertz CT molecular complexity index is 763. The molecule has 2 atom stereocenters. The van der Waals surface area contributed by atoms with E-state index >= 15 is 0 Å². The van der Waals surface area contributed by atoms with Crippen LogP contribution >= 0.6 is 0 Å². The van der Waals surface area contributed by atoms with Gasteiger partial charge in [0.25, 0.3) is 0 Å². The lowest BCUT2D eigenvalue weighted by molar-refractivity contribution is 0.0903. The van der Waals surface area contributed by atoms with Gasteiger partial charge in [-0.3, -0.25) is 4.79 Å². The topological polar surface area (TPSA) is 32.9 Å². The number of hydrogen-bond acceptors (Lipinski definition) is 1. The number of Topliss-reactive ketones (excluding diaryl/α,β-unsaturated/α-hetero) is 1. The van der Waals surface area contributed by atoms with E-state index < -0.39 is 0 Å². The van der Waals surface area contributed by atoms with Gasteiger partial charge in [0, 0.05) is 22.7 Å². The van der Waals surface area contributed by atoms with Crippen LogP contribution in [0.4, 0.5) is 0 Å². The summed E-state index contributed by atoms with van der Waals surface area (Å²) in [6.07, 6.45) is 3.27. The molecule has 20 heavy (non-hydrogen) atoms. The highest BCUT2D eigenvalue weighted by Crippen LogP contribution is 2.56. The smallest absolute Gasteiger partial charge is 0.186 e. The Morgan fingerprint density at radius 2 is 2.00 bits per heavy atom.